The number of hydrogen-bond donors (Lipinski definition) is 1. The van der Waals surface area contributed by atoms with Crippen molar-refractivity contribution in [2.45, 2.75) is 26.3 Å². The minimum Gasteiger partial charge on any atom is -0.464 e. The van der Waals surface area contributed by atoms with Crippen molar-refractivity contribution in [3.63, 3.8) is 0 Å². The first-order valence-electron chi connectivity index (χ1n) is 6.12. The normalized spacial score (nSPS) is 10.9. The third kappa shape index (κ3) is 3.98. The Hall–Kier alpha value is -2.51. The van der Waals surface area contributed by atoms with Gasteiger partial charge in [-0.1, -0.05) is 0 Å². The summed E-state index contributed by atoms with van der Waals surface area (Å²) in [6.45, 7) is 4.49. The van der Waals surface area contributed by atoms with Gasteiger partial charge >= 0.3 is 5.97 Å². The van der Waals surface area contributed by atoms with Crippen LogP contribution in [0.2, 0.25) is 0 Å². The molecule has 114 valence electrons. The van der Waals surface area contributed by atoms with Crippen molar-refractivity contribution in [3.05, 3.63) is 39.7 Å². The van der Waals surface area contributed by atoms with Gasteiger partial charge in [0.25, 0.3) is 11.6 Å². The van der Waals surface area contributed by atoms with E-state index in [1.165, 1.54) is 13.8 Å². The van der Waals surface area contributed by atoms with Gasteiger partial charge in [0.15, 0.2) is 0 Å². The molecule has 0 fully saturated rings. The Morgan fingerprint density at radius 1 is 1.43 bits per heavy atom. The van der Waals surface area contributed by atoms with E-state index >= 15 is 0 Å². The Morgan fingerprint density at radius 2 is 2.05 bits per heavy atom. The Bertz CT molecular complexity index is 586. The summed E-state index contributed by atoms with van der Waals surface area (Å²) in [4.78, 5) is 33.8. The van der Waals surface area contributed by atoms with Crippen molar-refractivity contribution in [1.29, 1.82) is 0 Å². The summed E-state index contributed by atoms with van der Waals surface area (Å²) in [7, 11) is 0. The maximum absolute atomic E-state index is 13.2. The van der Waals surface area contributed by atoms with Gasteiger partial charge in [0, 0.05) is 6.07 Å². The molecule has 1 amide bonds. The fraction of sp³-hybridized carbons (Fsp3) is 0.385. The minimum absolute atomic E-state index is 0.123. The predicted octanol–water partition coefficient (Wildman–Crippen LogP) is 1.81. The number of nitro groups is 1. The number of hydrogen-bond acceptors (Lipinski definition) is 5. The fourth-order valence-electron chi connectivity index (χ4n) is 1.56. The molecule has 1 aromatic rings. The predicted molar refractivity (Wildman–Crippen MR) is 71.2 cm³/mol. The molecule has 1 rings (SSSR count). The highest BCUT2D eigenvalue weighted by Crippen LogP contribution is 2.20. The highest BCUT2D eigenvalue weighted by Gasteiger charge is 2.33. The van der Waals surface area contributed by atoms with Crippen molar-refractivity contribution in [3.8, 4) is 0 Å². The lowest BCUT2D eigenvalue weighted by molar-refractivity contribution is -0.385. The second kappa shape index (κ2) is 6.29. The number of carbonyl (C=O) groups excluding carboxylic acids is 2. The van der Waals surface area contributed by atoms with Crippen LogP contribution >= 0.6 is 0 Å². The molecule has 21 heavy (non-hydrogen) atoms. The highest BCUT2D eigenvalue weighted by molar-refractivity contribution is 6.00. The molecular formula is C13H15FN2O5. The SMILES string of the molecule is CCOC(=O)C(C)(C)NC(=O)c1cc(F)ccc1[N+](=O)[O-]. The van der Waals surface area contributed by atoms with Crippen molar-refractivity contribution in [2.24, 2.45) is 0 Å². The van der Waals surface area contributed by atoms with Gasteiger partial charge < -0.3 is 10.1 Å². The molecule has 0 saturated heterocycles. The topological polar surface area (TPSA) is 98.5 Å². The molecule has 0 aliphatic heterocycles. The smallest absolute Gasteiger partial charge is 0.331 e. The number of nitrogens with zero attached hydrogens (tertiary/aromatic N) is 1. The molecular weight excluding hydrogens is 283 g/mol. The van der Waals surface area contributed by atoms with Gasteiger partial charge in [-0.15, -0.1) is 0 Å². The number of nitrogens with one attached hydrogen (secondary N) is 1. The van der Waals surface area contributed by atoms with Crippen LogP contribution in [0.5, 0.6) is 0 Å². The van der Waals surface area contributed by atoms with Crippen LogP contribution in [-0.4, -0.2) is 28.9 Å². The Labute approximate surface area is 120 Å². The molecule has 0 unspecified atom stereocenters. The van der Waals surface area contributed by atoms with Crippen molar-refractivity contribution < 1.29 is 23.6 Å². The lowest BCUT2D eigenvalue weighted by Crippen LogP contribution is -2.50. The van der Waals surface area contributed by atoms with Crippen molar-refractivity contribution >= 4 is 17.6 Å². The number of nitro benzene ring substituents is 1. The number of ether oxygens (including phenoxy) is 1. The Morgan fingerprint density at radius 3 is 2.57 bits per heavy atom. The minimum atomic E-state index is -1.40. The fourth-order valence-corrected chi connectivity index (χ4v) is 1.56. The number of amides is 1. The van der Waals surface area contributed by atoms with Gasteiger partial charge in [-0.25, -0.2) is 9.18 Å². The molecule has 8 heteroatoms. The van der Waals surface area contributed by atoms with Gasteiger partial charge in [0.2, 0.25) is 0 Å². The van der Waals surface area contributed by atoms with Crippen LogP contribution in [-0.2, 0) is 9.53 Å². The molecule has 0 aliphatic carbocycles. The third-order valence-electron chi connectivity index (χ3n) is 2.61. The van der Waals surface area contributed by atoms with Crippen molar-refractivity contribution in [2.75, 3.05) is 6.61 Å². The van der Waals surface area contributed by atoms with E-state index in [4.69, 9.17) is 4.74 Å². The van der Waals surface area contributed by atoms with Gasteiger partial charge in [-0.3, -0.25) is 14.9 Å². The maximum atomic E-state index is 13.2. The summed E-state index contributed by atoms with van der Waals surface area (Å²) in [6.07, 6.45) is 0. The Kier molecular flexibility index (Phi) is 4.96. The van der Waals surface area contributed by atoms with Crippen LogP contribution in [0.3, 0.4) is 0 Å². The zero-order chi connectivity index (χ0) is 16.2. The second-order valence-electron chi connectivity index (χ2n) is 4.72. The van der Waals surface area contributed by atoms with Gasteiger partial charge in [0.1, 0.15) is 16.9 Å². The first-order valence-corrected chi connectivity index (χ1v) is 6.12. The summed E-state index contributed by atoms with van der Waals surface area (Å²) in [5, 5.41) is 13.1. The van der Waals surface area contributed by atoms with Crippen LogP contribution in [0.25, 0.3) is 0 Å². The third-order valence-corrected chi connectivity index (χ3v) is 2.61. The molecule has 1 N–H and O–H groups in total. The summed E-state index contributed by atoms with van der Waals surface area (Å²) in [5.74, 6) is -2.42. The standard InChI is InChI=1S/C13H15FN2O5/c1-4-21-12(18)13(2,3)15-11(17)9-7-8(14)5-6-10(9)16(19)20/h5-7H,4H2,1-3H3,(H,15,17). The van der Waals surface area contributed by atoms with Crippen LogP contribution in [0.4, 0.5) is 10.1 Å². The lowest BCUT2D eigenvalue weighted by atomic mass is 10.0. The van der Waals surface area contributed by atoms with E-state index in [2.05, 4.69) is 5.32 Å². The van der Waals surface area contributed by atoms with E-state index < -0.39 is 39.4 Å². The molecule has 0 spiro atoms. The zero-order valence-electron chi connectivity index (χ0n) is 11.8. The van der Waals surface area contributed by atoms with Crippen LogP contribution in [0.1, 0.15) is 31.1 Å². The monoisotopic (exact) mass is 298 g/mol. The molecule has 0 saturated carbocycles. The highest BCUT2D eigenvalue weighted by atomic mass is 19.1. The summed E-state index contributed by atoms with van der Waals surface area (Å²) >= 11 is 0. The van der Waals surface area contributed by atoms with E-state index in [9.17, 15) is 24.1 Å². The number of halogens is 1. The number of benzene rings is 1. The molecule has 0 bridgehead atoms. The van der Waals surface area contributed by atoms with Crippen LogP contribution in [0.15, 0.2) is 18.2 Å². The zero-order valence-corrected chi connectivity index (χ0v) is 11.8. The molecule has 0 heterocycles. The van der Waals surface area contributed by atoms with E-state index in [0.29, 0.717) is 0 Å². The van der Waals surface area contributed by atoms with E-state index in [-0.39, 0.29) is 6.61 Å². The number of rotatable bonds is 5. The summed E-state index contributed by atoms with van der Waals surface area (Å²) < 4.78 is 18.0. The van der Waals surface area contributed by atoms with Crippen molar-refractivity contribution in [1.82, 2.24) is 5.32 Å². The van der Waals surface area contributed by atoms with Gasteiger partial charge in [0.05, 0.1) is 11.5 Å². The second-order valence-corrected chi connectivity index (χ2v) is 4.72. The maximum Gasteiger partial charge on any atom is 0.331 e. The first-order chi connectivity index (χ1) is 9.69. The van der Waals surface area contributed by atoms with Gasteiger partial charge in [-0.2, -0.15) is 0 Å². The number of esters is 1. The summed E-state index contributed by atoms with van der Waals surface area (Å²) in [5.41, 5.74) is -2.40. The van der Waals surface area contributed by atoms with E-state index in [1.807, 2.05) is 0 Å². The van der Waals surface area contributed by atoms with Crippen LogP contribution in [0, 0.1) is 15.9 Å². The summed E-state index contributed by atoms with van der Waals surface area (Å²) in [6, 6.07) is 2.52. The number of carbonyl (C=O) groups is 2. The average Bonchev–Trinajstić information content (AvgIpc) is 2.37. The van der Waals surface area contributed by atoms with E-state index in [1.54, 1.807) is 6.92 Å². The lowest BCUT2D eigenvalue weighted by Gasteiger charge is -2.23. The quantitative estimate of drug-likeness (QED) is 0.507. The molecule has 0 aromatic heterocycles. The molecule has 0 atom stereocenters. The Balaban J connectivity index is 3.07. The molecule has 7 nitrogen and oxygen atoms in total. The van der Waals surface area contributed by atoms with Gasteiger partial charge in [-0.05, 0) is 32.9 Å². The average molecular weight is 298 g/mol. The molecule has 0 aliphatic rings. The molecule has 0 radical (unpaired) electrons. The van der Waals surface area contributed by atoms with Crippen LogP contribution < -0.4 is 5.32 Å². The van der Waals surface area contributed by atoms with E-state index in [0.717, 1.165) is 18.2 Å². The first kappa shape index (κ1) is 16.5. The molecule has 1 aromatic carbocycles. The largest absolute Gasteiger partial charge is 0.464 e.